The molecule has 1 aromatic heterocycles. The summed E-state index contributed by atoms with van der Waals surface area (Å²) in [4.78, 5) is 16.2. The van der Waals surface area contributed by atoms with Gasteiger partial charge in [0.15, 0.2) is 0 Å². The minimum absolute atomic E-state index is 0.249. The van der Waals surface area contributed by atoms with E-state index in [1.165, 1.54) is 6.92 Å². The highest BCUT2D eigenvalue weighted by molar-refractivity contribution is 7.88. The molecular weight excluding hydrogens is 290 g/mol. The first kappa shape index (κ1) is 15.4. The van der Waals surface area contributed by atoms with Crippen LogP contribution in [0.1, 0.15) is 12.6 Å². The Morgan fingerprint density at radius 2 is 1.95 bits per heavy atom. The number of hydrogen-bond acceptors (Lipinski definition) is 4. The van der Waals surface area contributed by atoms with Crippen molar-refractivity contribution in [1.82, 2.24) is 15.0 Å². The van der Waals surface area contributed by atoms with Crippen molar-refractivity contribution in [2.24, 2.45) is 0 Å². The summed E-state index contributed by atoms with van der Waals surface area (Å²) >= 11 is 0. The Bertz CT molecular complexity index is 759. The van der Waals surface area contributed by atoms with Gasteiger partial charge in [-0.2, -0.15) is 0 Å². The lowest BCUT2D eigenvalue weighted by Crippen LogP contribution is -2.44. The lowest BCUT2D eigenvalue weighted by atomic mass is 10.2. The van der Waals surface area contributed by atoms with Crippen LogP contribution >= 0.6 is 0 Å². The molecule has 2 N–H and O–H groups in total. The van der Waals surface area contributed by atoms with Gasteiger partial charge in [-0.05, 0) is 19.1 Å². The average molecular weight is 307 g/mol. The van der Waals surface area contributed by atoms with Gasteiger partial charge in [-0.25, -0.2) is 13.1 Å². The van der Waals surface area contributed by atoms with Gasteiger partial charge in [0, 0.05) is 5.39 Å². The van der Waals surface area contributed by atoms with Crippen LogP contribution in [-0.4, -0.2) is 31.6 Å². The van der Waals surface area contributed by atoms with Crippen molar-refractivity contribution in [2.75, 3.05) is 6.26 Å². The van der Waals surface area contributed by atoms with E-state index in [2.05, 4.69) is 15.0 Å². The van der Waals surface area contributed by atoms with Crippen LogP contribution in [0.5, 0.6) is 0 Å². The molecular formula is C14H17N3O3S. The number of nitrogens with zero attached hydrogens (tertiary/aromatic N) is 1. The van der Waals surface area contributed by atoms with Gasteiger partial charge in [0.1, 0.15) is 0 Å². The van der Waals surface area contributed by atoms with Gasteiger partial charge in [0.05, 0.1) is 30.1 Å². The van der Waals surface area contributed by atoms with Crippen LogP contribution in [0.15, 0.2) is 36.4 Å². The zero-order chi connectivity index (χ0) is 15.5. The third-order valence-electron chi connectivity index (χ3n) is 2.88. The quantitative estimate of drug-likeness (QED) is 0.855. The van der Waals surface area contributed by atoms with E-state index in [4.69, 9.17) is 0 Å². The number of hydrogen-bond donors (Lipinski definition) is 2. The number of pyridine rings is 1. The predicted octanol–water partition coefficient (Wildman–Crippen LogP) is 0.789. The molecule has 1 atom stereocenters. The fourth-order valence-corrected chi connectivity index (χ4v) is 2.66. The molecule has 1 aromatic carbocycles. The average Bonchev–Trinajstić information content (AvgIpc) is 2.42. The molecule has 1 heterocycles. The molecule has 1 amide bonds. The number of sulfonamides is 1. The van der Waals surface area contributed by atoms with Crippen molar-refractivity contribution in [3.05, 3.63) is 42.1 Å². The maximum atomic E-state index is 11.8. The predicted molar refractivity (Wildman–Crippen MR) is 81.0 cm³/mol. The smallest absolute Gasteiger partial charge is 0.238 e. The van der Waals surface area contributed by atoms with E-state index in [0.29, 0.717) is 5.69 Å². The molecule has 2 rings (SSSR count). The highest BCUT2D eigenvalue weighted by Crippen LogP contribution is 2.11. The van der Waals surface area contributed by atoms with E-state index in [-0.39, 0.29) is 6.54 Å². The summed E-state index contributed by atoms with van der Waals surface area (Å²) < 4.78 is 24.4. The zero-order valence-electron chi connectivity index (χ0n) is 11.8. The van der Waals surface area contributed by atoms with Crippen LogP contribution in [-0.2, 0) is 21.4 Å². The summed E-state index contributed by atoms with van der Waals surface area (Å²) in [6.07, 6.45) is 1.02. The van der Waals surface area contributed by atoms with E-state index in [1.54, 1.807) is 0 Å². The monoisotopic (exact) mass is 307 g/mol. The van der Waals surface area contributed by atoms with Crippen molar-refractivity contribution in [3.8, 4) is 0 Å². The number of para-hydroxylation sites is 1. The van der Waals surface area contributed by atoms with Crippen molar-refractivity contribution < 1.29 is 13.2 Å². The topological polar surface area (TPSA) is 88.2 Å². The van der Waals surface area contributed by atoms with Gasteiger partial charge in [0.2, 0.25) is 15.9 Å². The molecule has 6 nitrogen and oxygen atoms in total. The molecule has 0 spiro atoms. The highest BCUT2D eigenvalue weighted by Gasteiger charge is 2.16. The van der Waals surface area contributed by atoms with Crippen LogP contribution < -0.4 is 10.0 Å². The van der Waals surface area contributed by atoms with Crippen LogP contribution in [0, 0.1) is 0 Å². The maximum Gasteiger partial charge on any atom is 0.238 e. The number of carbonyl (C=O) groups is 1. The van der Waals surface area contributed by atoms with E-state index in [9.17, 15) is 13.2 Å². The second kappa shape index (κ2) is 6.19. The van der Waals surface area contributed by atoms with Crippen LogP contribution in [0.2, 0.25) is 0 Å². The van der Waals surface area contributed by atoms with Gasteiger partial charge in [-0.3, -0.25) is 9.78 Å². The molecule has 0 saturated heterocycles. The Morgan fingerprint density at radius 1 is 1.24 bits per heavy atom. The minimum atomic E-state index is -3.41. The number of carbonyl (C=O) groups excluding carboxylic acids is 1. The second-order valence-electron chi connectivity index (χ2n) is 4.82. The second-order valence-corrected chi connectivity index (χ2v) is 6.60. The fraction of sp³-hybridized carbons (Fsp3) is 0.286. The maximum absolute atomic E-state index is 11.8. The molecule has 2 aromatic rings. The standard InChI is InChI=1S/C14H17N3O3S/c1-10(17-21(2,19)20)14(18)15-9-12-8-7-11-5-3-4-6-13(11)16-12/h3-8,10,17H,9H2,1-2H3,(H,15,18). The summed E-state index contributed by atoms with van der Waals surface area (Å²) in [7, 11) is -3.41. The minimum Gasteiger partial charge on any atom is -0.349 e. The summed E-state index contributed by atoms with van der Waals surface area (Å²) in [5, 5.41) is 3.69. The molecule has 0 fully saturated rings. The van der Waals surface area contributed by atoms with E-state index in [0.717, 1.165) is 17.2 Å². The molecule has 0 aliphatic carbocycles. The van der Waals surface area contributed by atoms with Crippen molar-refractivity contribution in [3.63, 3.8) is 0 Å². The first-order chi connectivity index (χ1) is 9.85. The molecule has 0 aliphatic heterocycles. The molecule has 112 valence electrons. The van der Waals surface area contributed by atoms with Crippen molar-refractivity contribution in [2.45, 2.75) is 19.5 Å². The molecule has 7 heteroatoms. The van der Waals surface area contributed by atoms with Crippen LogP contribution in [0.4, 0.5) is 0 Å². The first-order valence-corrected chi connectivity index (χ1v) is 8.34. The van der Waals surface area contributed by atoms with Gasteiger partial charge in [0.25, 0.3) is 0 Å². The normalized spacial score (nSPS) is 13.0. The van der Waals surface area contributed by atoms with Crippen LogP contribution in [0.25, 0.3) is 10.9 Å². The Hall–Kier alpha value is -1.99. The number of aromatic nitrogens is 1. The Labute approximate surface area is 123 Å². The number of benzene rings is 1. The lowest BCUT2D eigenvalue weighted by Gasteiger charge is -2.12. The molecule has 0 radical (unpaired) electrons. The molecule has 1 unspecified atom stereocenters. The fourth-order valence-electron chi connectivity index (χ4n) is 1.91. The van der Waals surface area contributed by atoms with Gasteiger partial charge < -0.3 is 5.32 Å². The number of fused-ring (bicyclic) bond motifs is 1. The summed E-state index contributed by atoms with van der Waals surface area (Å²) in [6.45, 7) is 1.74. The first-order valence-electron chi connectivity index (χ1n) is 6.45. The molecule has 0 aliphatic rings. The number of nitrogens with one attached hydrogen (secondary N) is 2. The molecule has 0 bridgehead atoms. The van der Waals surface area contributed by atoms with Crippen LogP contribution in [0.3, 0.4) is 0 Å². The number of amides is 1. The third kappa shape index (κ3) is 4.51. The van der Waals surface area contributed by atoms with Gasteiger partial charge in [-0.1, -0.05) is 24.3 Å². The van der Waals surface area contributed by atoms with Crippen molar-refractivity contribution in [1.29, 1.82) is 0 Å². The Kier molecular flexibility index (Phi) is 4.54. The number of rotatable bonds is 5. The lowest BCUT2D eigenvalue weighted by molar-refractivity contribution is -0.122. The molecule has 21 heavy (non-hydrogen) atoms. The van der Waals surface area contributed by atoms with E-state index < -0.39 is 22.0 Å². The van der Waals surface area contributed by atoms with Gasteiger partial charge in [-0.15, -0.1) is 0 Å². The third-order valence-corrected chi connectivity index (χ3v) is 3.67. The molecule has 0 saturated carbocycles. The highest BCUT2D eigenvalue weighted by atomic mass is 32.2. The SMILES string of the molecule is CC(NS(C)(=O)=O)C(=O)NCc1ccc2ccccc2n1. The summed E-state index contributed by atoms with van der Waals surface area (Å²) in [5.41, 5.74) is 1.57. The summed E-state index contributed by atoms with van der Waals surface area (Å²) in [6, 6.07) is 10.6. The Morgan fingerprint density at radius 3 is 2.67 bits per heavy atom. The largest absolute Gasteiger partial charge is 0.349 e. The zero-order valence-corrected chi connectivity index (χ0v) is 12.6. The van der Waals surface area contributed by atoms with Crippen molar-refractivity contribution >= 4 is 26.8 Å². The van der Waals surface area contributed by atoms with Gasteiger partial charge >= 0.3 is 0 Å². The Balaban J connectivity index is 1.99. The summed E-state index contributed by atoms with van der Waals surface area (Å²) in [5.74, 6) is -0.393. The van der Waals surface area contributed by atoms with E-state index in [1.807, 2.05) is 36.4 Å². The van der Waals surface area contributed by atoms with E-state index >= 15 is 0 Å².